The summed E-state index contributed by atoms with van der Waals surface area (Å²) in [7, 11) is 1.64. The zero-order valence-electron chi connectivity index (χ0n) is 10.3. The first-order chi connectivity index (χ1) is 8.77. The number of aromatic nitrogens is 4. The molecule has 18 heavy (non-hydrogen) atoms. The SMILES string of the molecule is C=CCn1nnnc1SCC(=O)NCCCOC. The van der Waals surface area contributed by atoms with E-state index in [-0.39, 0.29) is 5.91 Å². The van der Waals surface area contributed by atoms with Gasteiger partial charge >= 0.3 is 0 Å². The fourth-order valence-corrected chi connectivity index (χ4v) is 1.88. The summed E-state index contributed by atoms with van der Waals surface area (Å²) in [4.78, 5) is 11.5. The minimum atomic E-state index is -0.0377. The van der Waals surface area contributed by atoms with E-state index in [4.69, 9.17) is 4.74 Å². The number of ether oxygens (including phenoxy) is 1. The van der Waals surface area contributed by atoms with Crippen LogP contribution in [0.3, 0.4) is 0 Å². The predicted molar refractivity (Wildman–Crippen MR) is 68.2 cm³/mol. The molecule has 1 amide bonds. The van der Waals surface area contributed by atoms with Crippen molar-refractivity contribution in [1.82, 2.24) is 25.5 Å². The Morgan fingerprint density at radius 1 is 1.67 bits per heavy atom. The summed E-state index contributed by atoms with van der Waals surface area (Å²) < 4.78 is 6.48. The molecule has 0 spiro atoms. The Balaban J connectivity index is 2.24. The molecule has 0 aliphatic rings. The van der Waals surface area contributed by atoms with E-state index in [0.717, 1.165) is 6.42 Å². The summed E-state index contributed by atoms with van der Waals surface area (Å²) in [6.07, 6.45) is 2.51. The number of rotatable bonds is 9. The Kier molecular flexibility index (Phi) is 7.04. The highest BCUT2D eigenvalue weighted by molar-refractivity contribution is 7.99. The molecular formula is C10H17N5O2S. The van der Waals surface area contributed by atoms with Crippen molar-refractivity contribution in [3.8, 4) is 0 Å². The van der Waals surface area contributed by atoms with Gasteiger partial charge in [0.15, 0.2) is 0 Å². The van der Waals surface area contributed by atoms with Gasteiger partial charge in [0.1, 0.15) is 0 Å². The van der Waals surface area contributed by atoms with Crippen molar-refractivity contribution < 1.29 is 9.53 Å². The molecule has 8 heteroatoms. The second-order valence-electron chi connectivity index (χ2n) is 3.42. The van der Waals surface area contributed by atoms with Gasteiger partial charge in [0.25, 0.3) is 0 Å². The van der Waals surface area contributed by atoms with Crippen LogP contribution in [-0.4, -0.2) is 52.1 Å². The number of nitrogens with one attached hydrogen (secondary N) is 1. The second-order valence-corrected chi connectivity index (χ2v) is 4.36. The third-order valence-electron chi connectivity index (χ3n) is 1.98. The number of allylic oxidation sites excluding steroid dienone is 1. The average Bonchev–Trinajstić information content (AvgIpc) is 2.80. The number of tetrazole rings is 1. The van der Waals surface area contributed by atoms with Gasteiger partial charge in [-0.05, 0) is 16.8 Å². The van der Waals surface area contributed by atoms with Crippen LogP contribution in [0.15, 0.2) is 17.8 Å². The molecule has 0 unspecified atom stereocenters. The molecule has 0 aliphatic heterocycles. The first-order valence-electron chi connectivity index (χ1n) is 5.53. The molecule has 0 radical (unpaired) electrons. The molecule has 0 saturated heterocycles. The van der Waals surface area contributed by atoms with Gasteiger partial charge in [-0.1, -0.05) is 17.8 Å². The minimum absolute atomic E-state index is 0.0377. The van der Waals surface area contributed by atoms with Gasteiger partial charge in [0, 0.05) is 20.3 Å². The number of thioether (sulfide) groups is 1. The van der Waals surface area contributed by atoms with Crippen LogP contribution in [0.25, 0.3) is 0 Å². The van der Waals surface area contributed by atoms with Gasteiger partial charge in [-0.15, -0.1) is 11.7 Å². The van der Waals surface area contributed by atoms with Gasteiger partial charge in [-0.3, -0.25) is 4.79 Å². The van der Waals surface area contributed by atoms with Crippen LogP contribution in [0, 0.1) is 0 Å². The summed E-state index contributed by atoms with van der Waals surface area (Å²) in [6.45, 7) is 5.41. The summed E-state index contributed by atoms with van der Waals surface area (Å²) in [5, 5.41) is 14.6. The first kappa shape index (κ1) is 14.7. The van der Waals surface area contributed by atoms with Crippen molar-refractivity contribution in [2.45, 2.75) is 18.1 Å². The zero-order chi connectivity index (χ0) is 13.2. The molecule has 100 valence electrons. The van der Waals surface area contributed by atoms with Crippen LogP contribution in [0.4, 0.5) is 0 Å². The highest BCUT2D eigenvalue weighted by atomic mass is 32.2. The number of amides is 1. The highest BCUT2D eigenvalue weighted by Crippen LogP contribution is 2.12. The summed E-state index contributed by atoms with van der Waals surface area (Å²) in [6, 6.07) is 0. The summed E-state index contributed by atoms with van der Waals surface area (Å²) in [5.41, 5.74) is 0. The van der Waals surface area contributed by atoms with Crippen molar-refractivity contribution in [2.24, 2.45) is 0 Å². The molecule has 0 fully saturated rings. The predicted octanol–water partition coefficient (Wildman–Crippen LogP) is 0.104. The monoisotopic (exact) mass is 271 g/mol. The second kappa shape index (κ2) is 8.65. The minimum Gasteiger partial charge on any atom is -0.385 e. The Morgan fingerprint density at radius 2 is 2.50 bits per heavy atom. The molecular weight excluding hydrogens is 254 g/mol. The summed E-state index contributed by atoms with van der Waals surface area (Å²) >= 11 is 1.30. The van der Waals surface area contributed by atoms with Crippen LogP contribution in [0.5, 0.6) is 0 Å². The van der Waals surface area contributed by atoms with Crippen LogP contribution >= 0.6 is 11.8 Å². The fourth-order valence-electron chi connectivity index (χ4n) is 1.16. The average molecular weight is 271 g/mol. The van der Waals surface area contributed by atoms with Crippen LogP contribution in [-0.2, 0) is 16.1 Å². The molecule has 1 rings (SSSR count). The third kappa shape index (κ3) is 5.28. The van der Waals surface area contributed by atoms with Gasteiger partial charge in [0.2, 0.25) is 11.1 Å². The first-order valence-corrected chi connectivity index (χ1v) is 6.52. The lowest BCUT2D eigenvalue weighted by molar-refractivity contribution is -0.118. The van der Waals surface area contributed by atoms with E-state index in [2.05, 4.69) is 27.4 Å². The standard InChI is InChI=1S/C10H17N5O2S/c1-3-6-15-10(12-13-14-15)18-8-9(16)11-5-4-7-17-2/h3H,1,4-8H2,2H3,(H,11,16). The van der Waals surface area contributed by atoms with Crippen LogP contribution in [0.1, 0.15) is 6.42 Å². The summed E-state index contributed by atoms with van der Waals surface area (Å²) in [5.74, 6) is 0.258. The van der Waals surface area contributed by atoms with Gasteiger partial charge < -0.3 is 10.1 Å². The number of carbonyl (C=O) groups excluding carboxylic acids is 1. The maximum absolute atomic E-state index is 11.5. The Bertz CT molecular complexity index is 382. The van der Waals surface area contributed by atoms with Gasteiger partial charge in [-0.2, -0.15) is 0 Å². The highest BCUT2D eigenvalue weighted by Gasteiger charge is 2.08. The third-order valence-corrected chi connectivity index (χ3v) is 2.94. The maximum Gasteiger partial charge on any atom is 0.230 e. The number of methoxy groups -OCH3 is 1. The van der Waals surface area contributed by atoms with Gasteiger partial charge in [0.05, 0.1) is 12.3 Å². The van der Waals surface area contributed by atoms with E-state index in [1.807, 2.05) is 0 Å². The number of hydrogen-bond acceptors (Lipinski definition) is 6. The van der Waals surface area contributed by atoms with Crippen molar-refractivity contribution in [1.29, 1.82) is 0 Å². The van der Waals surface area contributed by atoms with E-state index < -0.39 is 0 Å². The normalized spacial score (nSPS) is 10.3. The van der Waals surface area contributed by atoms with Crippen molar-refractivity contribution in [2.75, 3.05) is 26.0 Å². The Hall–Kier alpha value is -1.41. The quantitative estimate of drug-likeness (QED) is 0.390. The molecule has 0 aromatic carbocycles. The molecule has 0 saturated carbocycles. The van der Waals surface area contributed by atoms with Crippen molar-refractivity contribution in [3.05, 3.63) is 12.7 Å². The van der Waals surface area contributed by atoms with Crippen LogP contribution < -0.4 is 5.32 Å². The molecule has 7 nitrogen and oxygen atoms in total. The van der Waals surface area contributed by atoms with E-state index in [0.29, 0.717) is 30.6 Å². The fraction of sp³-hybridized carbons (Fsp3) is 0.600. The van der Waals surface area contributed by atoms with Crippen LogP contribution in [0.2, 0.25) is 0 Å². The number of nitrogens with zero attached hydrogens (tertiary/aromatic N) is 4. The lowest BCUT2D eigenvalue weighted by atomic mass is 10.4. The van der Waals surface area contributed by atoms with E-state index in [1.54, 1.807) is 17.9 Å². The topological polar surface area (TPSA) is 81.9 Å². The Labute approximate surface area is 110 Å². The lowest BCUT2D eigenvalue weighted by Gasteiger charge is -2.04. The molecule has 1 heterocycles. The molecule has 0 bridgehead atoms. The van der Waals surface area contributed by atoms with Crippen molar-refractivity contribution >= 4 is 17.7 Å². The molecule has 1 aromatic rings. The lowest BCUT2D eigenvalue weighted by Crippen LogP contribution is -2.27. The smallest absolute Gasteiger partial charge is 0.230 e. The van der Waals surface area contributed by atoms with E-state index in [1.165, 1.54) is 11.8 Å². The largest absolute Gasteiger partial charge is 0.385 e. The molecule has 1 N–H and O–H groups in total. The maximum atomic E-state index is 11.5. The number of carbonyl (C=O) groups is 1. The molecule has 0 aliphatic carbocycles. The molecule has 0 atom stereocenters. The van der Waals surface area contributed by atoms with E-state index >= 15 is 0 Å². The van der Waals surface area contributed by atoms with E-state index in [9.17, 15) is 4.79 Å². The Morgan fingerprint density at radius 3 is 3.22 bits per heavy atom. The molecule has 1 aromatic heterocycles. The van der Waals surface area contributed by atoms with Crippen molar-refractivity contribution in [3.63, 3.8) is 0 Å². The zero-order valence-corrected chi connectivity index (χ0v) is 11.2. The van der Waals surface area contributed by atoms with Gasteiger partial charge in [-0.25, -0.2) is 4.68 Å². The number of hydrogen-bond donors (Lipinski definition) is 1.